The van der Waals surface area contributed by atoms with Gasteiger partial charge >= 0.3 is 6.09 Å². The Labute approximate surface area is 162 Å². The van der Waals surface area contributed by atoms with Crippen molar-refractivity contribution < 1.29 is 33.5 Å². The van der Waals surface area contributed by atoms with Gasteiger partial charge in [-0.15, -0.1) is 0 Å². The maximum Gasteiger partial charge on any atom is 0.410 e. The number of ether oxygens (including phenoxy) is 3. The second-order valence-electron chi connectivity index (χ2n) is 7.11. The predicted molar refractivity (Wildman–Crippen MR) is 95.8 cm³/mol. The number of amides is 3. The standard InChI is InChI=1S/C19H23N3O6/c1-2-26-19(25)21-7-5-20(6-8-21)14-10-17(23)22(18(14)24)11-13-3-4-15-16(9-13)28-12-27-15/h3-4,9,14H,2,5-8,10-12H2,1H3/p+1/t14-/m0/s1. The molecule has 4 rings (SSSR count). The fourth-order valence-electron chi connectivity index (χ4n) is 3.93. The molecule has 9 nitrogen and oxygen atoms in total. The van der Waals surface area contributed by atoms with E-state index in [9.17, 15) is 14.4 Å². The van der Waals surface area contributed by atoms with E-state index in [2.05, 4.69) is 0 Å². The van der Waals surface area contributed by atoms with Gasteiger partial charge < -0.3 is 19.1 Å². The highest BCUT2D eigenvalue weighted by Gasteiger charge is 2.46. The van der Waals surface area contributed by atoms with E-state index in [4.69, 9.17) is 14.2 Å². The van der Waals surface area contributed by atoms with Crippen molar-refractivity contribution in [2.45, 2.75) is 25.9 Å². The van der Waals surface area contributed by atoms with Gasteiger partial charge in [-0.3, -0.25) is 19.4 Å². The normalized spacial score (nSPS) is 22.1. The summed E-state index contributed by atoms with van der Waals surface area (Å²) in [6.45, 7) is 4.83. The van der Waals surface area contributed by atoms with Crippen LogP contribution in [-0.4, -0.2) is 73.3 Å². The molecule has 3 aliphatic rings. The van der Waals surface area contributed by atoms with Gasteiger partial charge in [0.2, 0.25) is 12.7 Å². The lowest BCUT2D eigenvalue weighted by atomic mass is 10.1. The minimum atomic E-state index is -0.383. The number of likely N-dealkylation sites (tertiary alicyclic amines) is 1. The van der Waals surface area contributed by atoms with Crippen molar-refractivity contribution in [3.63, 3.8) is 0 Å². The molecule has 1 N–H and O–H groups in total. The summed E-state index contributed by atoms with van der Waals surface area (Å²) in [5.41, 5.74) is 0.828. The lowest BCUT2D eigenvalue weighted by Crippen LogP contribution is -3.19. The van der Waals surface area contributed by atoms with Crippen molar-refractivity contribution in [3.05, 3.63) is 23.8 Å². The average molecular weight is 390 g/mol. The van der Waals surface area contributed by atoms with E-state index < -0.39 is 0 Å². The first-order valence-electron chi connectivity index (χ1n) is 9.56. The molecular formula is C19H24N3O6+. The largest absolute Gasteiger partial charge is 0.454 e. The van der Waals surface area contributed by atoms with E-state index >= 15 is 0 Å². The highest BCUT2D eigenvalue weighted by Crippen LogP contribution is 2.33. The van der Waals surface area contributed by atoms with E-state index in [0.29, 0.717) is 44.3 Å². The average Bonchev–Trinajstić information content (AvgIpc) is 3.27. The first kappa shape index (κ1) is 18.5. The van der Waals surface area contributed by atoms with Crippen LogP contribution in [0.4, 0.5) is 4.79 Å². The molecule has 0 radical (unpaired) electrons. The van der Waals surface area contributed by atoms with Crippen molar-refractivity contribution in [3.8, 4) is 11.5 Å². The first-order chi connectivity index (χ1) is 13.6. The second-order valence-corrected chi connectivity index (χ2v) is 7.11. The predicted octanol–water partition coefficient (Wildman–Crippen LogP) is -0.600. The molecule has 150 valence electrons. The van der Waals surface area contributed by atoms with Gasteiger partial charge in [0.15, 0.2) is 17.5 Å². The molecule has 9 heteroatoms. The topological polar surface area (TPSA) is 89.8 Å². The van der Waals surface area contributed by atoms with Crippen LogP contribution in [0.3, 0.4) is 0 Å². The summed E-state index contributed by atoms with van der Waals surface area (Å²) in [7, 11) is 0. The molecule has 0 aromatic heterocycles. The minimum Gasteiger partial charge on any atom is -0.454 e. The summed E-state index contributed by atoms with van der Waals surface area (Å²) < 4.78 is 15.7. The number of piperazine rings is 1. The molecule has 1 aromatic rings. The van der Waals surface area contributed by atoms with Crippen LogP contribution in [0.1, 0.15) is 18.9 Å². The van der Waals surface area contributed by atoms with Crippen LogP contribution < -0.4 is 14.4 Å². The molecule has 0 unspecified atom stereocenters. The van der Waals surface area contributed by atoms with Crippen LogP contribution in [0.2, 0.25) is 0 Å². The van der Waals surface area contributed by atoms with Gasteiger partial charge in [0.05, 0.1) is 45.8 Å². The molecule has 28 heavy (non-hydrogen) atoms. The summed E-state index contributed by atoms with van der Waals surface area (Å²) in [6, 6.07) is 5.05. The third-order valence-corrected chi connectivity index (χ3v) is 5.45. The van der Waals surface area contributed by atoms with Crippen molar-refractivity contribution in [1.82, 2.24) is 9.80 Å². The van der Waals surface area contributed by atoms with Crippen LogP contribution in [0, 0.1) is 0 Å². The number of carbonyl (C=O) groups is 3. The smallest absolute Gasteiger partial charge is 0.410 e. The number of imide groups is 1. The van der Waals surface area contributed by atoms with Crippen LogP contribution in [0.5, 0.6) is 11.5 Å². The van der Waals surface area contributed by atoms with Gasteiger partial charge in [-0.1, -0.05) is 6.07 Å². The number of fused-ring (bicyclic) bond motifs is 1. The fraction of sp³-hybridized carbons (Fsp3) is 0.526. The number of benzene rings is 1. The van der Waals surface area contributed by atoms with Crippen LogP contribution in [0.25, 0.3) is 0 Å². The van der Waals surface area contributed by atoms with Crippen molar-refractivity contribution in [2.24, 2.45) is 0 Å². The van der Waals surface area contributed by atoms with Crippen LogP contribution >= 0.6 is 0 Å². The maximum absolute atomic E-state index is 12.9. The molecule has 0 aliphatic carbocycles. The third-order valence-electron chi connectivity index (χ3n) is 5.45. The molecule has 2 saturated heterocycles. The number of rotatable bonds is 4. The van der Waals surface area contributed by atoms with Gasteiger partial charge in [-0.25, -0.2) is 4.79 Å². The van der Waals surface area contributed by atoms with Gasteiger partial charge in [0.1, 0.15) is 0 Å². The van der Waals surface area contributed by atoms with E-state index in [1.807, 2.05) is 6.07 Å². The highest BCUT2D eigenvalue weighted by atomic mass is 16.7. The van der Waals surface area contributed by atoms with Gasteiger partial charge in [-0.05, 0) is 24.6 Å². The zero-order valence-corrected chi connectivity index (χ0v) is 15.8. The summed E-state index contributed by atoms with van der Waals surface area (Å²) in [5, 5.41) is 0. The Hall–Kier alpha value is -2.81. The lowest BCUT2D eigenvalue weighted by Gasteiger charge is -2.33. The summed E-state index contributed by atoms with van der Waals surface area (Å²) in [4.78, 5) is 41.2. The molecular weight excluding hydrogens is 366 g/mol. The molecule has 0 spiro atoms. The number of hydrogen-bond donors (Lipinski definition) is 1. The Morgan fingerprint density at radius 3 is 2.71 bits per heavy atom. The van der Waals surface area contributed by atoms with Crippen LogP contribution in [-0.2, 0) is 20.9 Å². The van der Waals surface area contributed by atoms with Gasteiger partial charge in [0, 0.05) is 0 Å². The molecule has 2 fully saturated rings. The van der Waals surface area contributed by atoms with Crippen molar-refractivity contribution in [1.29, 1.82) is 0 Å². The van der Waals surface area contributed by atoms with Gasteiger partial charge in [-0.2, -0.15) is 0 Å². The minimum absolute atomic E-state index is 0.151. The number of quaternary nitrogens is 1. The molecule has 0 bridgehead atoms. The zero-order chi connectivity index (χ0) is 19.7. The second kappa shape index (κ2) is 7.67. The summed E-state index contributed by atoms with van der Waals surface area (Å²) in [6.07, 6.45) is -0.113. The molecule has 3 aliphatic heterocycles. The van der Waals surface area contributed by atoms with Crippen LogP contribution in [0.15, 0.2) is 18.2 Å². The summed E-state index contributed by atoms with van der Waals surface area (Å²) >= 11 is 0. The molecule has 1 aromatic carbocycles. The molecule has 1 atom stereocenters. The number of nitrogens with one attached hydrogen (secondary N) is 1. The number of nitrogens with zero attached hydrogens (tertiary/aromatic N) is 2. The monoisotopic (exact) mass is 390 g/mol. The molecule has 0 saturated carbocycles. The Kier molecular flexibility index (Phi) is 5.08. The SMILES string of the molecule is CCOC(=O)N1CC[NH+]([C@H]2CC(=O)N(Cc3ccc4c(c3)OCO4)C2=O)CC1. The lowest BCUT2D eigenvalue weighted by molar-refractivity contribution is -0.918. The number of carbonyl (C=O) groups excluding carboxylic acids is 3. The fourth-order valence-corrected chi connectivity index (χ4v) is 3.93. The van der Waals surface area contributed by atoms with E-state index in [0.717, 1.165) is 10.5 Å². The van der Waals surface area contributed by atoms with E-state index in [-0.39, 0.29) is 43.7 Å². The van der Waals surface area contributed by atoms with Crippen molar-refractivity contribution in [2.75, 3.05) is 39.6 Å². The number of hydrogen-bond acceptors (Lipinski definition) is 6. The van der Waals surface area contributed by atoms with Crippen molar-refractivity contribution >= 4 is 17.9 Å². The Morgan fingerprint density at radius 2 is 1.96 bits per heavy atom. The molecule has 3 heterocycles. The Balaban J connectivity index is 1.37. The van der Waals surface area contributed by atoms with E-state index in [1.165, 1.54) is 4.90 Å². The first-order valence-corrected chi connectivity index (χ1v) is 9.56. The Bertz CT molecular complexity index is 790. The van der Waals surface area contributed by atoms with Gasteiger partial charge in [0.25, 0.3) is 5.91 Å². The van der Waals surface area contributed by atoms with E-state index in [1.54, 1.807) is 24.0 Å². The summed E-state index contributed by atoms with van der Waals surface area (Å²) in [5.74, 6) is 0.994. The third kappa shape index (κ3) is 3.49. The zero-order valence-electron chi connectivity index (χ0n) is 15.8. The maximum atomic E-state index is 12.9. The quantitative estimate of drug-likeness (QED) is 0.691. The molecule has 3 amide bonds. The Morgan fingerprint density at radius 1 is 1.21 bits per heavy atom. The highest BCUT2D eigenvalue weighted by molar-refractivity contribution is 6.04.